The molecule has 1 saturated carbocycles. The van der Waals surface area contributed by atoms with E-state index in [2.05, 4.69) is 12.2 Å². The van der Waals surface area contributed by atoms with Crippen LogP contribution in [0.25, 0.3) is 11.0 Å². The number of fused-ring (bicyclic) bond motifs is 2. The molecule has 8 heteroatoms. The first-order chi connectivity index (χ1) is 16.3. The maximum Gasteiger partial charge on any atom is 0.336 e. The molecule has 1 aliphatic carbocycles. The summed E-state index contributed by atoms with van der Waals surface area (Å²) in [5.74, 6) is 0.0263. The monoisotopic (exact) mass is 470 g/mol. The molecule has 184 valence electrons. The lowest BCUT2D eigenvalue weighted by atomic mass is 9.71. The third kappa shape index (κ3) is 5.12. The zero-order chi connectivity index (χ0) is 24.3. The molecule has 2 heterocycles. The molecule has 34 heavy (non-hydrogen) atoms. The molecule has 0 bridgehead atoms. The van der Waals surface area contributed by atoms with Gasteiger partial charge in [-0.1, -0.05) is 26.2 Å². The van der Waals surface area contributed by atoms with Gasteiger partial charge in [-0.15, -0.1) is 0 Å². The van der Waals surface area contributed by atoms with E-state index < -0.39 is 17.1 Å². The maximum absolute atomic E-state index is 12.6. The number of hydrogen-bond acceptors (Lipinski definition) is 6. The van der Waals surface area contributed by atoms with E-state index in [1.807, 2.05) is 6.07 Å². The second kappa shape index (κ2) is 10.2. The van der Waals surface area contributed by atoms with Crippen molar-refractivity contribution < 1.29 is 23.8 Å². The van der Waals surface area contributed by atoms with Crippen molar-refractivity contribution in [1.82, 2.24) is 10.2 Å². The zero-order valence-corrected chi connectivity index (χ0v) is 20.0. The first kappa shape index (κ1) is 24.3. The van der Waals surface area contributed by atoms with Crippen molar-refractivity contribution in [2.24, 2.45) is 5.92 Å². The molecule has 4 rings (SSSR count). The van der Waals surface area contributed by atoms with Crippen molar-refractivity contribution in [2.75, 3.05) is 26.2 Å². The van der Waals surface area contributed by atoms with Gasteiger partial charge in [-0.05, 0) is 50.3 Å². The highest BCUT2D eigenvalue weighted by molar-refractivity contribution is 5.86. The number of aryl methyl sites for hydroxylation is 2. The van der Waals surface area contributed by atoms with E-state index in [1.54, 1.807) is 17.9 Å². The van der Waals surface area contributed by atoms with Gasteiger partial charge < -0.3 is 24.5 Å². The molecule has 1 aromatic heterocycles. The van der Waals surface area contributed by atoms with Crippen molar-refractivity contribution in [1.29, 1.82) is 0 Å². The highest BCUT2D eigenvalue weighted by Crippen LogP contribution is 2.39. The van der Waals surface area contributed by atoms with E-state index in [9.17, 15) is 19.5 Å². The zero-order valence-electron chi connectivity index (χ0n) is 20.0. The average molecular weight is 471 g/mol. The second-order valence-electron chi connectivity index (χ2n) is 9.61. The number of rotatable bonds is 7. The van der Waals surface area contributed by atoms with Gasteiger partial charge in [0.2, 0.25) is 5.91 Å². The lowest BCUT2D eigenvalue weighted by Gasteiger charge is -2.47. The normalized spacial score (nSPS) is 22.3. The van der Waals surface area contributed by atoms with Crippen LogP contribution >= 0.6 is 0 Å². The number of likely N-dealkylation sites (tertiary alicyclic amines) is 1. The van der Waals surface area contributed by atoms with E-state index in [0.717, 1.165) is 49.5 Å². The van der Waals surface area contributed by atoms with Crippen LogP contribution in [0.1, 0.15) is 56.6 Å². The van der Waals surface area contributed by atoms with Gasteiger partial charge >= 0.3 is 5.63 Å². The number of amides is 2. The van der Waals surface area contributed by atoms with E-state index in [0.29, 0.717) is 36.4 Å². The van der Waals surface area contributed by atoms with Crippen molar-refractivity contribution in [3.63, 3.8) is 0 Å². The molecule has 2 aromatic rings. The van der Waals surface area contributed by atoms with Crippen molar-refractivity contribution in [3.8, 4) is 5.75 Å². The van der Waals surface area contributed by atoms with Crippen LogP contribution in [-0.2, 0) is 16.0 Å². The number of carbonyl (C=O) groups excluding carboxylic acids is 2. The van der Waals surface area contributed by atoms with Crippen LogP contribution in [0.4, 0.5) is 0 Å². The Morgan fingerprint density at radius 1 is 1.29 bits per heavy atom. The minimum Gasteiger partial charge on any atom is -0.483 e. The molecular formula is C26H34N2O6. The summed E-state index contributed by atoms with van der Waals surface area (Å²) in [6, 6.07) is 5.14. The summed E-state index contributed by atoms with van der Waals surface area (Å²) in [7, 11) is 0. The van der Waals surface area contributed by atoms with Crippen LogP contribution in [0.2, 0.25) is 0 Å². The van der Waals surface area contributed by atoms with Gasteiger partial charge in [0.1, 0.15) is 11.3 Å². The number of aliphatic hydroxyl groups is 1. The Labute approximate surface area is 199 Å². The Hall–Kier alpha value is -2.87. The third-order valence-electron chi connectivity index (χ3n) is 7.29. The van der Waals surface area contributed by atoms with Crippen LogP contribution in [0, 0.1) is 12.8 Å². The first-order valence-electron chi connectivity index (χ1n) is 12.3. The van der Waals surface area contributed by atoms with Crippen LogP contribution in [0.5, 0.6) is 5.75 Å². The van der Waals surface area contributed by atoms with E-state index in [1.165, 1.54) is 6.07 Å². The number of benzene rings is 1. The molecule has 2 N–H and O–H groups in total. The number of hydrogen-bond donors (Lipinski definition) is 2. The number of piperidine rings is 1. The number of carbonyl (C=O) groups is 2. The van der Waals surface area contributed by atoms with E-state index in [-0.39, 0.29) is 25.0 Å². The molecule has 0 spiro atoms. The molecular weight excluding hydrogens is 436 g/mol. The van der Waals surface area contributed by atoms with Gasteiger partial charge in [-0.3, -0.25) is 9.59 Å². The Morgan fingerprint density at radius 2 is 2.12 bits per heavy atom. The standard InChI is InChI=1S/C26H34N2O6/c1-3-6-18-13-24(31)34-25-17(2)21(9-8-20(18)25)33-16-22(29)27-14-23(30)28-12-11-26(32)10-5-4-7-19(26)15-28/h8-9,13,19,32H,3-7,10-12,14-16H2,1-2H3,(H,27,29)/t19-,26-/m0/s1. The highest BCUT2D eigenvalue weighted by atomic mass is 16.5. The lowest BCUT2D eigenvalue weighted by Crippen LogP contribution is -2.56. The van der Waals surface area contributed by atoms with Gasteiger partial charge in [-0.25, -0.2) is 4.79 Å². The number of nitrogens with zero attached hydrogens (tertiary/aromatic N) is 1. The second-order valence-corrected chi connectivity index (χ2v) is 9.61. The van der Waals surface area contributed by atoms with Crippen LogP contribution in [0.15, 0.2) is 27.4 Å². The predicted octanol–water partition coefficient (Wildman–Crippen LogP) is 2.70. The Morgan fingerprint density at radius 3 is 2.91 bits per heavy atom. The minimum atomic E-state index is -0.639. The molecule has 0 radical (unpaired) electrons. The summed E-state index contributed by atoms with van der Waals surface area (Å²) >= 11 is 0. The van der Waals surface area contributed by atoms with Crippen LogP contribution < -0.4 is 15.7 Å². The molecule has 2 aliphatic rings. The largest absolute Gasteiger partial charge is 0.483 e. The minimum absolute atomic E-state index is 0.0979. The van der Waals surface area contributed by atoms with Gasteiger partial charge in [0.05, 0.1) is 12.1 Å². The summed E-state index contributed by atoms with van der Waals surface area (Å²) in [6.07, 6.45) is 6.15. The molecule has 2 atom stereocenters. The SMILES string of the molecule is CCCc1cc(=O)oc2c(C)c(OCC(=O)NCC(=O)N3CC[C@@]4(O)CCCC[C@H]4C3)ccc12. The smallest absolute Gasteiger partial charge is 0.336 e. The molecule has 1 aliphatic heterocycles. The summed E-state index contributed by atoms with van der Waals surface area (Å²) in [4.78, 5) is 38.7. The van der Waals surface area contributed by atoms with Gasteiger partial charge in [0, 0.05) is 36.0 Å². The molecule has 2 fully saturated rings. The van der Waals surface area contributed by atoms with Crippen molar-refractivity contribution in [3.05, 3.63) is 39.7 Å². The molecule has 2 amide bonds. The van der Waals surface area contributed by atoms with Gasteiger partial charge in [0.15, 0.2) is 6.61 Å². The fourth-order valence-electron chi connectivity index (χ4n) is 5.32. The first-order valence-corrected chi connectivity index (χ1v) is 12.3. The molecule has 0 unspecified atom stereocenters. The fourth-order valence-corrected chi connectivity index (χ4v) is 5.32. The van der Waals surface area contributed by atoms with Crippen LogP contribution in [0.3, 0.4) is 0 Å². The van der Waals surface area contributed by atoms with Crippen molar-refractivity contribution >= 4 is 22.8 Å². The number of ether oxygens (including phenoxy) is 1. The quantitative estimate of drug-likeness (QED) is 0.603. The summed E-state index contributed by atoms with van der Waals surface area (Å²) < 4.78 is 11.1. The summed E-state index contributed by atoms with van der Waals surface area (Å²) in [5, 5.41) is 14.3. The molecule has 1 saturated heterocycles. The van der Waals surface area contributed by atoms with Crippen LogP contribution in [-0.4, -0.2) is 53.7 Å². The van der Waals surface area contributed by atoms with E-state index >= 15 is 0 Å². The Balaban J connectivity index is 1.31. The summed E-state index contributed by atoms with van der Waals surface area (Å²) in [5.41, 5.74) is 1.02. The topological polar surface area (TPSA) is 109 Å². The van der Waals surface area contributed by atoms with Gasteiger partial charge in [0.25, 0.3) is 5.91 Å². The number of nitrogens with one attached hydrogen (secondary N) is 1. The van der Waals surface area contributed by atoms with E-state index in [4.69, 9.17) is 9.15 Å². The summed E-state index contributed by atoms with van der Waals surface area (Å²) in [6.45, 7) is 4.55. The predicted molar refractivity (Wildman–Crippen MR) is 128 cm³/mol. The lowest BCUT2D eigenvalue weighted by molar-refractivity contribution is -0.143. The Bertz CT molecular complexity index is 1130. The average Bonchev–Trinajstić information content (AvgIpc) is 2.82. The molecule has 1 aromatic carbocycles. The van der Waals surface area contributed by atoms with Gasteiger partial charge in [-0.2, -0.15) is 0 Å². The highest BCUT2D eigenvalue weighted by Gasteiger charge is 2.43. The Kier molecular flexibility index (Phi) is 7.26. The fraction of sp³-hybridized carbons (Fsp3) is 0.577. The maximum atomic E-state index is 12.6. The van der Waals surface area contributed by atoms with Crippen molar-refractivity contribution in [2.45, 2.75) is 64.4 Å². The molecule has 8 nitrogen and oxygen atoms in total. The third-order valence-corrected chi connectivity index (χ3v) is 7.29.